The number of nitrogens with two attached hydrogens (primary N) is 4. The van der Waals surface area contributed by atoms with Crippen LogP contribution in [0.15, 0.2) is 41.4 Å². The monoisotopic (exact) mass is 492 g/mol. The Morgan fingerprint density at radius 1 is 1.00 bits per heavy atom. The summed E-state index contributed by atoms with van der Waals surface area (Å²) in [6.45, 7) is 6.79. The number of anilines is 2. The lowest BCUT2D eigenvalue weighted by Gasteiger charge is -2.03. The molecule has 0 fully saturated rings. The summed E-state index contributed by atoms with van der Waals surface area (Å²) in [6.07, 6.45) is 1.97. The lowest BCUT2D eigenvalue weighted by atomic mass is 10.1. The Hall–Kier alpha value is -4.26. The van der Waals surface area contributed by atoms with Gasteiger partial charge in [0.05, 0.1) is 22.0 Å². The molecule has 2 aromatic carbocycles. The van der Waals surface area contributed by atoms with Crippen LogP contribution in [0.25, 0.3) is 0 Å². The Morgan fingerprint density at radius 2 is 1.46 bits per heavy atom. The number of rotatable bonds is 8. The van der Waals surface area contributed by atoms with Gasteiger partial charge >= 0.3 is 5.90 Å². The fourth-order valence-corrected chi connectivity index (χ4v) is 2.40. The van der Waals surface area contributed by atoms with Gasteiger partial charge in [-0.25, -0.2) is 5.41 Å². The summed E-state index contributed by atoms with van der Waals surface area (Å²) in [4.78, 5) is 24.3. The van der Waals surface area contributed by atoms with E-state index >= 15 is 0 Å². The van der Waals surface area contributed by atoms with Crippen LogP contribution in [-0.2, 0) is 4.74 Å². The predicted octanol–water partition coefficient (Wildman–Crippen LogP) is 1.40. The Morgan fingerprint density at radius 3 is 1.89 bits per heavy atom. The number of aliphatic hydroxyl groups is 1. The van der Waals surface area contributed by atoms with Gasteiger partial charge in [-0.1, -0.05) is 13.3 Å². The summed E-state index contributed by atoms with van der Waals surface area (Å²) in [5.74, 6) is 0.460. The SMILES string of the molecule is CCCCN=C(N)c1ccc(N)c([N+](=O)[O-])c1.CCO.CCOC(=[NH2+])c1ccc(N)c([N+](=O)[O-])c1. The van der Waals surface area contributed by atoms with Crippen molar-refractivity contribution in [3.8, 4) is 0 Å². The molecular formula is C22H34N7O6+. The number of nitrogens with zero attached hydrogens (tertiary/aromatic N) is 3. The van der Waals surface area contributed by atoms with Gasteiger partial charge in [0.25, 0.3) is 11.4 Å². The maximum absolute atomic E-state index is 10.7. The topological polar surface area (TPSA) is 232 Å². The quantitative estimate of drug-likeness (QED) is 0.0893. The highest BCUT2D eigenvalue weighted by atomic mass is 16.6. The maximum Gasteiger partial charge on any atom is 0.366 e. The molecule has 0 heterocycles. The molecule has 0 saturated heterocycles. The lowest BCUT2D eigenvalue weighted by Crippen LogP contribution is -2.42. The Kier molecular flexibility index (Phi) is 14.4. The minimum absolute atomic E-state index is 0.105. The van der Waals surface area contributed by atoms with E-state index < -0.39 is 9.85 Å². The molecule has 192 valence electrons. The minimum atomic E-state index is -0.557. The zero-order chi connectivity index (χ0) is 27.0. The second-order valence-electron chi connectivity index (χ2n) is 6.80. The number of nitro benzene ring substituents is 2. The van der Waals surface area contributed by atoms with Crippen molar-refractivity contribution in [2.45, 2.75) is 33.6 Å². The highest BCUT2D eigenvalue weighted by molar-refractivity contribution is 5.98. The van der Waals surface area contributed by atoms with Crippen LogP contribution in [0.4, 0.5) is 22.7 Å². The summed E-state index contributed by atoms with van der Waals surface area (Å²) < 4.78 is 5.03. The van der Waals surface area contributed by atoms with Crippen molar-refractivity contribution >= 4 is 34.5 Å². The van der Waals surface area contributed by atoms with Crippen LogP contribution < -0.4 is 22.6 Å². The fraction of sp³-hybridized carbons (Fsp3) is 0.364. The Bertz CT molecular complexity index is 1030. The molecule has 0 aromatic heterocycles. The van der Waals surface area contributed by atoms with Crippen LogP contribution in [-0.4, -0.2) is 46.4 Å². The molecule has 13 nitrogen and oxygen atoms in total. The summed E-state index contributed by atoms with van der Waals surface area (Å²) in [6, 6.07) is 8.75. The second kappa shape index (κ2) is 16.4. The second-order valence-corrected chi connectivity index (χ2v) is 6.80. The molecule has 35 heavy (non-hydrogen) atoms. The number of nitrogen functional groups attached to an aromatic ring is 2. The van der Waals surface area contributed by atoms with Gasteiger partial charge in [-0.15, -0.1) is 0 Å². The highest BCUT2D eigenvalue weighted by Crippen LogP contribution is 2.23. The van der Waals surface area contributed by atoms with Crippen molar-refractivity contribution in [3.63, 3.8) is 0 Å². The summed E-state index contributed by atoms with van der Waals surface area (Å²) in [5.41, 5.74) is 17.6. The molecule has 0 bridgehead atoms. The van der Waals surface area contributed by atoms with Gasteiger partial charge in [0, 0.05) is 30.8 Å². The molecule has 0 aliphatic rings. The molecule has 2 rings (SSSR count). The lowest BCUT2D eigenvalue weighted by molar-refractivity contribution is -0.384. The first-order chi connectivity index (χ1) is 16.5. The third-order valence-electron chi connectivity index (χ3n) is 4.13. The molecule has 0 radical (unpaired) electrons. The van der Waals surface area contributed by atoms with Crippen LogP contribution in [0.3, 0.4) is 0 Å². The van der Waals surface area contributed by atoms with E-state index in [1.54, 1.807) is 26.0 Å². The van der Waals surface area contributed by atoms with Crippen LogP contribution in [0.5, 0.6) is 0 Å². The van der Waals surface area contributed by atoms with Crippen molar-refractivity contribution in [3.05, 3.63) is 67.8 Å². The largest absolute Gasteiger partial charge is 0.445 e. The fourth-order valence-electron chi connectivity index (χ4n) is 2.40. The van der Waals surface area contributed by atoms with Crippen molar-refractivity contribution in [1.29, 1.82) is 0 Å². The van der Waals surface area contributed by atoms with Gasteiger partial charge in [-0.3, -0.25) is 25.2 Å². The molecule has 0 saturated carbocycles. The zero-order valence-electron chi connectivity index (χ0n) is 20.1. The van der Waals surface area contributed by atoms with Gasteiger partial charge in [-0.05, 0) is 44.5 Å². The van der Waals surface area contributed by atoms with Crippen LogP contribution in [0.1, 0.15) is 44.7 Å². The molecule has 9 N–H and O–H groups in total. The van der Waals surface area contributed by atoms with Gasteiger partial charge in [0.1, 0.15) is 17.2 Å². The normalized spacial score (nSPS) is 10.2. The third kappa shape index (κ3) is 10.9. The summed E-state index contributed by atoms with van der Waals surface area (Å²) in [5, 5.41) is 34.4. The molecular weight excluding hydrogens is 458 g/mol. The van der Waals surface area contributed by atoms with E-state index in [9.17, 15) is 20.2 Å². The molecule has 13 heteroatoms. The number of hydrogen-bond acceptors (Lipinski definition) is 9. The molecule has 0 aliphatic heterocycles. The molecule has 0 aliphatic carbocycles. The smallest absolute Gasteiger partial charge is 0.366 e. The number of unbranched alkanes of at least 4 members (excludes halogenated alkanes) is 1. The summed E-state index contributed by atoms with van der Waals surface area (Å²) in [7, 11) is 0. The van der Waals surface area contributed by atoms with E-state index in [0.29, 0.717) is 30.1 Å². The number of hydrogen-bond donors (Lipinski definition) is 5. The zero-order valence-corrected chi connectivity index (χ0v) is 20.1. The van der Waals surface area contributed by atoms with Crippen LogP contribution in [0, 0.1) is 20.2 Å². The first-order valence-electron chi connectivity index (χ1n) is 10.8. The first-order valence-corrected chi connectivity index (χ1v) is 10.8. The average Bonchev–Trinajstić information content (AvgIpc) is 2.80. The van der Waals surface area contributed by atoms with Crippen LogP contribution in [0.2, 0.25) is 0 Å². The molecule has 0 spiro atoms. The number of ether oxygens (including phenoxy) is 1. The minimum Gasteiger partial charge on any atom is -0.445 e. The number of amidine groups is 1. The molecule has 0 amide bonds. The van der Waals surface area contributed by atoms with Gasteiger partial charge < -0.3 is 27.0 Å². The first kappa shape index (κ1) is 30.7. The third-order valence-corrected chi connectivity index (χ3v) is 4.13. The van der Waals surface area contributed by atoms with E-state index in [1.165, 1.54) is 24.3 Å². The molecule has 0 unspecified atom stereocenters. The molecule has 0 atom stereocenters. The van der Waals surface area contributed by atoms with E-state index in [-0.39, 0.29) is 35.3 Å². The highest BCUT2D eigenvalue weighted by Gasteiger charge is 2.17. The van der Waals surface area contributed by atoms with Gasteiger partial charge in [0.2, 0.25) is 0 Å². The van der Waals surface area contributed by atoms with E-state index in [0.717, 1.165) is 12.8 Å². The van der Waals surface area contributed by atoms with Gasteiger partial charge in [-0.2, -0.15) is 0 Å². The Balaban J connectivity index is 0.000000597. The number of aliphatic imine (C=N–C) groups is 1. The standard InChI is InChI=1S/C11H16N4O2.C9H11N3O3.C2H6O/c1-2-3-6-14-11(13)8-4-5-9(12)10(7-8)15(16)17;1-2-15-9(11)6-3-4-7(10)8(5-6)12(13)14;1-2-3/h4-5,7H,2-3,6,12H2,1H3,(H2,13,14);3-5,11H,2,10H2,1H3;3H,2H2,1H3/p+1. The van der Waals surface area contributed by atoms with Crippen molar-refractivity contribution < 1.29 is 25.1 Å². The number of benzene rings is 2. The average molecular weight is 493 g/mol. The number of aliphatic hydroxyl groups excluding tert-OH is 1. The van der Waals surface area contributed by atoms with Crippen molar-refractivity contribution in [2.75, 3.05) is 31.2 Å². The van der Waals surface area contributed by atoms with Gasteiger partial charge in [0.15, 0.2) is 0 Å². The predicted molar refractivity (Wildman–Crippen MR) is 136 cm³/mol. The van der Waals surface area contributed by atoms with Crippen molar-refractivity contribution in [1.82, 2.24) is 0 Å². The van der Waals surface area contributed by atoms with E-state index in [1.807, 2.05) is 0 Å². The molecule has 2 aromatic rings. The summed E-state index contributed by atoms with van der Waals surface area (Å²) >= 11 is 0. The number of nitro groups is 2. The maximum atomic E-state index is 10.7. The van der Waals surface area contributed by atoms with Crippen molar-refractivity contribution in [2.24, 2.45) is 10.7 Å². The van der Waals surface area contributed by atoms with Crippen LogP contribution >= 0.6 is 0 Å². The van der Waals surface area contributed by atoms with E-state index in [2.05, 4.69) is 11.9 Å². The Labute approximate surface area is 203 Å². The van der Waals surface area contributed by atoms with E-state index in [4.69, 9.17) is 32.5 Å².